The summed E-state index contributed by atoms with van der Waals surface area (Å²) in [4.78, 5) is 29.0. The highest BCUT2D eigenvalue weighted by Crippen LogP contribution is 2.31. The molecule has 4 aromatic rings. The van der Waals surface area contributed by atoms with Gasteiger partial charge in [-0.25, -0.2) is 8.42 Å². The van der Waals surface area contributed by atoms with Crippen LogP contribution in [-0.2, 0) is 32.6 Å². The molecule has 1 N–H and O–H groups in total. The van der Waals surface area contributed by atoms with Crippen LogP contribution in [0.5, 0.6) is 0 Å². The molecule has 0 spiro atoms. The molecule has 0 unspecified atom stereocenters. The van der Waals surface area contributed by atoms with E-state index in [0.717, 1.165) is 19.9 Å². The predicted molar refractivity (Wildman–Crippen MR) is 170 cm³/mol. The van der Waals surface area contributed by atoms with Gasteiger partial charge in [0, 0.05) is 24.5 Å². The minimum absolute atomic E-state index is 0.00505. The van der Waals surface area contributed by atoms with Crippen molar-refractivity contribution < 1.29 is 18.0 Å². The van der Waals surface area contributed by atoms with Gasteiger partial charge in [-0.05, 0) is 53.6 Å². The van der Waals surface area contributed by atoms with Gasteiger partial charge in [0.2, 0.25) is 11.8 Å². The van der Waals surface area contributed by atoms with Crippen molar-refractivity contribution in [2.45, 2.75) is 23.9 Å². The van der Waals surface area contributed by atoms with Crippen molar-refractivity contribution in [1.82, 2.24) is 10.2 Å². The third-order valence-corrected chi connectivity index (χ3v) is 9.58. The van der Waals surface area contributed by atoms with E-state index < -0.39 is 28.5 Å². The summed E-state index contributed by atoms with van der Waals surface area (Å²) in [5.41, 5.74) is 1.76. The summed E-state index contributed by atoms with van der Waals surface area (Å²) in [6, 6.07) is 27.9. The van der Waals surface area contributed by atoms with Crippen LogP contribution in [0.4, 0.5) is 5.69 Å². The van der Waals surface area contributed by atoms with E-state index >= 15 is 0 Å². The first-order valence-electron chi connectivity index (χ1n) is 12.9. The number of halogens is 3. The van der Waals surface area contributed by atoms with E-state index in [9.17, 15) is 18.0 Å². The van der Waals surface area contributed by atoms with Gasteiger partial charge in [-0.15, -0.1) is 0 Å². The molecule has 0 aliphatic heterocycles. The number of hydrogen-bond acceptors (Lipinski definition) is 4. The first-order valence-corrected chi connectivity index (χ1v) is 15.9. The number of anilines is 1. The molecule has 0 bridgehead atoms. The minimum atomic E-state index is -4.23. The molecule has 0 aromatic heterocycles. The number of sulfonamides is 1. The van der Waals surface area contributed by atoms with E-state index in [2.05, 4.69) is 21.2 Å². The van der Waals surface area contributed by atoms with Gasteiger partial charge in [-0.3, -0.25) is 13.9 Å². The fourth-order valence-corrected chi connectivity index (χ4v) is 6.61. The number of carbonyl (C=O) groups is 2. The maximum absolute atomic E-state index is 14.3. The summed E-state index contributed by atoms with van der Waals surface area (Å²) in [5.74, 6) is -0.959. The highest BCUT2D eigenvalue weighted by molar-refractivity contribution is 9.10. The molecule has 4 rings (SSSR count). The monoisotopic (exact) mass is 687 g/mol. The normalized spacial score (nSPS) is 11.9. The SMILES string of the molecule is CNC(=O)[C@@H](Cc1ccccc1)N(Cc1cccc(Br)c1)C(=O)CN(c1ccc(Cl)c(Cl)c1)S(=O)(=O)c1ccccc1. The Morgan fingerprint density at radius 1 is 0.833 bits per heavy atom. The maximum atomic E-state index is 14.3. The summed E-state index contributed by atoms with van der Waals surface area (Å²) in [6.07, 6.45) is 0.221. The number of benzene rings is 4. The summed E-state index contributed by atoms with van der Waals surface area (Å²) < 4.78 is 29.7. The lowest BCUT2D eigenvalue weighted by Gasteiger charge is -2.33. The van der Waals surface area contributed by atoms with E-state index in [1.54, 1.807) is 18.2 Å². The van der Waals surface area contributed by atoms with Crippen LogP contribution < -0.4 is 9.62 Å². The van der Waals surface area contributed by atoms with Gasteiger partial charge in [0.1, 0.15) is 12.6 Å². The lowest BCUT2D eigenvalue weighted by Crippen LogP contribution is -2.53. The van der Waals surface area contributed by atoms with Crippen LogP contribution >= 0.6 is 39.1 Å². The minimum Gasteiger partial charge on any atom is -0.357 e. The van der Waals surface area contributed by atoms with E-state index in [-0.39, 0.29) is 39.5 Å². The standard InChI is InChI=1S/C31H28BrCl2N3O4S/c1-35-31(39)29(18-22-9-4-2-5-10-22)36(20-23-11-8-12-24(32)17-23)30(38)21-37(25-15-16-27(33)28(34)19-25)42(40,41)26-13-6-3-7-14-26/h2-17,19,29H,18,20-21H2,1H3,(H,35,39)/t29-/m1/s1. The van der Waals surface area contributed by atoms with Crippen LogP contribution in [0.1, 0.15) is 11.1 Å². The van der Waals surface area contributed by atoms with Crippen LogP contribution in [0.2, 0.25) is 10.0 Å². The molecule has 42 heavy (non-hydrogen) atoms. The lowest BCUT2D eigenvalue weighted by molar-refractivity contribution is -0.139. The Morgan fingerprint density at radius 3 is 2.10 bits per heavy atom. The first-order chi connectivity index (χ1) is 20.1. The van der Waals surface area contributed by atoms with E-state index in [1.165, 1.54) is 42.3 Å². The van der Waals surface area contributed by atoms with Gasteiger partial charge in [-0.1, -0.05) is 99.8 Å². The Hall–Kier alpha value is -3.37. The van der Waals surface area contributed by atoms with Gasteiger partial charge >= 0.3 is 0 Å². The summed E-state index contributed by atoms with van der Waals surface area (Å²) >= 11 is 15.9. The molecule has 0 fully saturated rings. The zero-order valence-corrected chi connectivity index (χ0v) is 26.5. The second-order valence-electron chi connectivity index (χ2n) is 9.39. The Labute approximate surface area is 264 Å². The number of nitrogens with zero attached hydrogens (tertiary/aromatic N) is 2. The largest absolute Gasteiger partial charge is 0.357 e. The molecular weight excluding hydrogens is 661 g/mol. The van der Waals surface area contributed by atoms with E-state index in [1.807, 2.05) is 54.6 Å². The van der Waals surface area contributed by atoms with E-state index in [4.69, 9.17) is 23.2 Å². The van der Waals surface area contributed by atoms with Gasteiger partial charge in [0.05, 0.1) is 20.6 Å². The predicted octanol–water partition coefficient (Wildman–Crippen LogP) is 6.34. The Balaban J connectivity index is 1.80. The smallest absolute Gasteiger partial charge is 0.264 e. The number of hydrogen-bond donors (Lipinski definition) is 1. The van der Waals surface area contributed by atoms with Crippen LogP contribution in [0, 0.1) is 0 Å². The van der Waals surface area contributed by atoms with Crippen molar-refractivity contribution in [3.63, 3.8) is 0 Å². The molecule has 0 saturated carbocycles. The average Bonchev–Trinajstić information content (AvgIpc) is 2.99. The molecular formula is C31H28BrCl2N3O4S. The van der Waals surface area contributed by atoms with Gasteiger partial charge in [0.25, 0.3) is 10.0 Å². The first kappa shape index (κ1) is 31.6. The zero-order valence-electron chi connectivity index (χ0n) is 22.6. The number of likely N-dealkylation sites (N-methyl/N-ethyl adjacent to an activating group) is 1. The van der Waals surface area contributed by atoms with Crippen molar-refractivity contribution in [1.29, 1.82) is 0 Å². The molecule has 0 aliphatic rings. The molecule has 0 heterocycles. The fourth-order valence-electron chi connectivity index (χ4n) is 4.44. The average molecular weight is 689 g/mol. The molecule has 2 amide bonds. The second-order valence-corrected chi connectivity index (χ2v) is 13.0. The summed E-state index contributed by atoms with van der Waals surface area (Å²) in [7, 11) is -2.72. The molecule has 11 heteroatoms. The molecule has 4 aromatic carbocycles. The third kappa shape index (κ3) is 7.72. The molecule has 0 aliphatic carbocycles. The van der Waals surface area contributed by atoms with Crippen molar-refractivity contribution in [3.8, 4) is 0 Å². The van der Waals surface area contributed by atoms with Crippen molar-refractivity contribution >= 4 is 66.7 Å². The number of amides is 2. The Bertz CT molecular complexity index is 1660. The summed E-state index contributed by atoms with van der Waals surface area (Å²) in [5, 5.41) is 3.04. The topological polar surface area (TPSA) is 86.8 Å². The number of nitrogens with one attached hydrogen (secondary N) is 1. The number of rotatable bonds is 11. The van der Waals surface area contributed by atoms with Crippen molar-refractivity contribution in [2.24, 2.45) is 0 Å². The highest BCUT2D eigenvalue weighted by atomic mass is 79.9. The van der Waals surface area contributed by atoms with Crippen molar-refractivity contribution in [3.05, 3.63) is 129 Å². The zero-order chi connectivity index (χ0) is 30.3. The van der Waals surface area contributed by atoms with Crippen LogP contribution in [0.15, 0.2) is 112 Å². The van der Waals surface area contributed by atoms with Crippen LogP contribution in [0.3, 0.4) is 0 Å². The van der Waals surface area contributed by atoms with Gasteiger partial charge in [-0.2, -0.15) is 0 Å². The number of carbonyl (C=O) groups excluding carboxylic acids is 2. The Morgan fingerprint density at radius 2 is 1.48 bits per heavy atom. The highest BCUT2D eigenvalue weighted by Gasteiger charge is 2.34. The molecule has 218 valence electrons. The maximum Gasteiger partial charge on any atom is 0.264 e. The molecule has 0 radical (unpaired) electrons. The van der Waals surface area contributed by atoms with E-state index in [0.29, 0.717) is 0 Å². The molecule has 1 atom stereocenters. The molecule has 7 nitrogen and oxygen atoms in total. The quantitative estimate of drug-likeness (QED) is 0.199. The van der Waals surface area contributed by atoms with Gasteiger partial charge < -0.3 is 10.2 Å². The third-order valence-electron chi connectivity index (χ3n) is 6.56. The summed E-state index contributed by atoms with van der Waals surface area (Å²) in [6.45, 7) is -0.532. The Kier molecular flexibility index (Phi) is 10.7. The second kappa shape index (κ2) is 14.2. The van der Waals surface area contributed by atoms with Crippen LogP contribution in [-0.4, -0.2) is 44.8 Å². The van der Waals surface area contributed by atoms with Crippen LogP contribution in [0.25, 0.3) is 0 Å². The van der Waals surface area contributed by atoms with Gasteiger partial charge in [0.15, 0.2) is 0 Å². The lowest BCUT2D eigenvalue weighted by atomic mass is 10.0. The van der Waals surface area contributed by atoms with Crippen molar-refractivity contribution in [2.75, 3.05) is 17.9 Å². The molecule has 0 saturated heterocycles. The fraction of sp³-hybridized carbons (Fsp3) is 0.161.